The summed E-state index contributed by atoms with van der Waals surface area (Å²) in [4.78, 5) is 15.5. The normalized spacial score (nSPS) is 15.6. The first-order chi connectivity index (χ1) is 8.00. The third-order valence-electron chi connectivity index (χ3n) is 3.18. The molecule has 17 heavy (non-hydrogen) atoms. The van der Waals surface area contributed by atoms with Crippen molar-refractivity contribution in [2.75, 3.05) is 6.61 Å². The molecule has 0 spiro atoms. The lowest BCUT2D eigenvalue weighted by Gasteiger charge is -2.19. The number of nitrogens with zero attached hydrogens (tertiary/aromatic N) is 1. The highest BCUT2D eigenvalue weighted by Gasteiger charge is 2.28. The van der Waals surface area contributed by atoms with Gasteiger partial charge in [0.1, 0.15) is 5.75 Å². The summed E-state index contributed by atoms with van der Waals surface area (Å²) >= 11 is 0. The van der Waals surface area contributed by atoms with Crippen LogP contribution in [0.1, 0.15) is 32.4 Å². The number of aromatic nitrogens is 1. The van der Waals surface area contributed by atoms with Gasteiger partial charge in [-0.3, -0.25) is 9.78 Å². The van der Waals surface area contributed by atoms with E-state index >= 15 is 0 Å². The fraction of sp³-hybridized carbons (Fsp3) is 0.538. The van der Waals surface area contributed by atoms with Crippen molar-refractivity contribution < 1.29 is 9.53 Å². The van der Waals surface area contributed by atoms with Gasteiger partial charge >= 0.3 is 0 Å². The molecule has 4 heteroatoms. The summed E-state index contributed by atoms with van der Waals surface area (Å²) in [7, 11) is 0. The van der Waals surface area contributed by atoms with Crippen LogP contribution in [-0.2, 0) is 10.2 Å². The monoisotopic (exact) mass is 234 g/mol. The predicted octanol–water partition coefficient (Wildman–Crippen LogP) is 1.63. The summed E-state index contributed by atoms with van der Waals surface area (Å²) in [5, 5.41) is 0. The molecule has 2 rings (SSSR count). The van der Waals surface area contributed by atoms with Gasteiger partial charge in [0.25, 0.3) is 0 Å². The van der Waals surface area contributed by atoms with Crippen LogP contribution >= 0.6 is 0 Å². The van der Waals surface area contributed by atoms with Gasteiger partial charge < -0.3 is 10.5 Å². The van der Waals surface area contributed by atoms with Crippen molar-refractivity contribution in [2.24, 2.45) is 11.7 Å². The van der Waals surface area contributed by atoms with Crippen LogP contribution in [0.5, 0.6) is 5.75 Å². The van der Waals surface area contributed by atoms with Crippen molar-refractivity contribution in [3.8, 4) is 5.75 Å². The lowest BCUT2D eigenvalue weighted by molar-refractivity contribution is -0.122. The summed E-state index contributed by atoms with van der Waals surface area (Å²) in [6.45, 7) is 4.30. The zero-order valence-corrected chi connectivity index (χ0v) is 10.3. The highest BCUT2D eigenvalue weighted by molar-refractivity contribution is 5.85. The highest BCUT2D eigenvalue weighted by Crippen LogP contribution is 2.29. The van der Waals surface area contributed by atoms with Crippen LogP contribution in [-0.4, -0.2) is 17.5 Å². The Morgan fingerprint density at radius 3 is 2.71 bits per heavy atom. The van der Waals surface area contributed by atoms with E-state index in [0.29, 0.717) is 5.69 Å². The topological polar surface area (TPSA) is 65.2 Å². The molecular weight excluding hydrogens is 216 g/mol. The predicted molar refractivity (Wildman–Crippen MR) is 64.7 cm³/mol. The van der Waals surface area contributed by atoms with Crippen molar-refractivity contribution >= 4 is 5.91 Å². The van der Waals surface area contributed by atoms with E-state index in [0.717, 1.165) is 18.3 Å². The molecule has 1 aliphatic carbocycles. The fourth-order valence-corrected chi connectivity index (χ4v) is 1.46. The molecule has 1 fully saturated rings. The molecule has 0 aromatic carbocycles. The molecule has 1 aliphatic rings. The Morgan fingerprint density at radius 1 is 1.53 bits per heavy atom. The first kappa shape index (κ1) is 11.9. The number of pyridine rings is 1. The molecule has 92 valence electrons. The molecule has 0 unspecified atom stereocenters. The number of amides is 1. The molecule has 0 aliphatic heterocycles. The molecule has 1 aromatic heterocycles. The molecule has 1 saturated carbocycles. The minimum atomic E-state index is -0.741. The third-order valence-corrected chi connectivity index (χ3v) is 3.18. The zero-order chi connectivity index (χ0) is 12.5. The van der Waals surface area contributed by atoms with Gasteiger partial charge in [0, 0.05) is 0 Å². The molecule has 1 aromatic rings. The number of hydrogen-bond acceptors (Lipinski definition) is 3. The smallest absolute Gasteiger partial charge is 0.229 e. The van der Waals surface area contributed by atoms with E-state index in [1.54, 1.807) is 26.1 Å². The third kappa shape index (κ3) is 2.75. The molecule has 1 heterocycles. The van der Waals surface area contributed by atoms with E-state index in [1.165, 1.54) is 12.8 Å². The number of primary amides is 1. The lowest BCUT2D eigenvalue weighted by Crippen LogP contribution is -2.36. The van der Waals surface area contributed by atoms with Gasteiger partial charge in [-0.25, -0.2) is 0 Å². The van der Waals surface area contributed by atoms with Gasteiger partial charge in [-0.2, -0.15) is 0 Å². The van der Waals surface area contributed by atoms with Crippen molar-refractivity contribution in [3.63, 3.8) is 0 Å². The summed E-state index contributed by atoms with van der Waals surface area (Å²) in [5.41, 5.74) is 5.27. The van der Waals surface area contributed by atoms with Gasteiger partial charge in [-0.1, -0.05) is 0 Å². The van der Waals surface area contributed by atoms with Gasteiger partial charge in [0.15, 0.2) is 0 Å². The van der Waals surface area contributed by atoms with Crippen LogP contribution in [0.3, 0.4) is 0 Å². The number of ether oxygens (including phenoxy) is 1. The van der Waals surface area contributed by atoms with Crippen LogP contribution in [0.25, 0.3) is 0 Å². The Kier molecular flexibility index (Phi) is 3.05. The second-order valence-electron chi connectivity index (χ2n) is 5.12. The average molecular weight is 234 g/mol. The molecule has 2 N–H and O–H groups in total. The number of hydrogen-bond donors (Lipinski definition) is 1. The SMILES string of the molecule is CC(C)(C(N)=O)c1ccc(OCC2CC2)cn1. The number of carbonyl (C=O) groups is 1. The fourth-order valence-electron chi connectivity index (χ4n) is 1.46. The number of nitrogens with two attached hydrogens (primary N) is 1. The Morgan fingerprint density at radius 2 is 2.24 bits per heavy atom. The van der Waals surface area contributed by atoms with Gasteiger partial charge in [0.2, 0.25) is 5.91 Å². The molecule has 0 radical (unpaired) electrons. The molecule has 0 atom stereocenters. The van der Waals surface area contributed by atoms with E-state index in [-0.39, 0.29) is 5.91 Å². The highest BCUT2D eigenvalue weighted by atomic mass is 16.5. The second kappa shape index (κ2) is 4.35. The van der Waals surface area contributed by atoms with Crippen molar-refractivity contribution in [1.82, 2.24) is 4.98 Å². The Balaban J connectivity index is 2.03. The van der Waals surface area contributed by atoms with Crippen LogP contribution in [0.4, 0.5) is 0 Å². The molecule has 0 bridgehead atoms. The van der Waals surface area contributed by atoms with Gasteiger partial charge in [-0.15, -0.1) is 0 Å². The second-order valence-corrected chi connectivity index (χ2v) is 5.12. The van der Waals surface area contributed by atoms with Crippen LogP contribution in [0, 0.1) is 5.92 Å². The van der Waals surface area contributed by atoms with Crippen molar-refractivity contribution in [1.29, 1.82) is 0 Å². The van der Waals surface area contributed by atoms with E-state index in [9.17, 15) is 4.79 Å². The lowest BCUT2D eigenvalue weighted by atomic mass is 9.88. The first-order valence-corrected chi connectivity index (χ1v) is 5.89. The van der Waals surface area contributed by atoms with Crippen LogP contribution < -0.4 is 10.5 Å². The van der Waals surface area contributed by atoms with Crippen molar-refractivity contribution in [2.45, 2.75) is 32.1 Å². The van der Waals surface area contributed by atoms with Crippen LogP contribution in [0.2, 0.25) is 0 Å². The molecule has 1 amide bonds. The minimum Gasteiger partial charge on any atom is -0.492 e. The first-order valence-electron chi connectivity index (χ1n) is 5.89. The Hall–Kier alpha value is -1.58. The maximum Gasteiger partial charge on any atom is 0.229 e. The van der Waals surface area contributed by atoms with E-state index in [2.05, 4.69) is 4.98 Å². The van der Waals surface area contributed by atoms with E-state index < -0.39 is 5.41 Å². The van der Waals surface area contributed by atoms with Crippen LogP contribution in [0.15, 0.2) is 18.3 Å². The zero-order valence-electron chi connectivity index (χ0n) is 10.3. The molecule has 4 nitrogen and oxygen atoms in total. The summed E-state index contributed by atoms with van der Waals surface area (Å²) in [5.74, 6) is 1.09. The van der Waals surface area contributed by atoms with Gasteiger partial charge in [0.05, 0.1) is 23.9 Å². The average Bonchev–Trinajstić information content (AvgIpc) is 3.10. The summed E-state index contributed by atoms with van der Waals surface area (Å²) < 4.78 is 5.58. The van der Waals surface area contributed by atoms with E-state index in [1.807, 2.05) is 6.07 Å². The Bertz CT molecular complexity index is 408. The van der Waals surface area contributed by atoms with E-state index in [4.69, 9.17) is 10.5 Å². The quantitative estimate of drug-likeness (QED) is 0.842. The molecule has 0 saturated heterocycles. The standard InChI is InChI=1S/C13H18N2O2/c1-13(2,12(14)16)11-6-5-10(7-15-11)17-8-9-3-4-9/h5-7,9H,3-4,8H2,1-2H3,(H2,14,16). The summed E-state index contributed by atoms with van der Waals surface area (Å²) in [6, 6.07) is 3.64. The minimum absolute atomic E-state index is 0.378. The largest absolute Gasteiger partial charge is 0.492 e. The van der Waals surface area contributed by atoms with Gasteiger partial charge in [-0.05, 0) is 44.7 Å². The summed E-state index contributed by atoms with van der Waals surface area (Å²) in [6.07, 6.45) is 4.18. The maximum absolute atomic E-state index is 11.3. The molecular formula is C13H18N2O2. The van der Waals surface area contributed by atoms with Crippen molar-refractivity contribution in [3.05, 3.63) is 24.0 Å². The number of carbonyl (C=O) groups excluding carboxylic acids is 1. The Labute approximate surface area is 101 Å². The maximum atomic E-state index is 11.3. The number of rotatable bonds is 5.